The number of benzene rings is 1. The first kappa shape index (κ1) is 19.5. The minimum absolute atomic E-state index is 0.461. The summed E-state index contributed by atoms with van der Waals surface area (Å²) in [5, 5.41) is 0. The molecule has 2 aliphatic heterocycles. The smallest absolute Gasteiger partial charge is 0.153 e. The van der Waals surface area contributed by atoms with Crippen molar-refractivity contribution in [3.63, 3.8) is 0 Å². The molecule has 2 aliphatic rings. The van der Waals surface area contributed by atoms with E-state index in [-0.39, 0.29) is 0 Å². The second kappa shape index (κ2) is 8.68. The third-order valence-corrected chi connectivity index (χ3v) is 6.44. The molecule has 2 fully saturated rings. The zero-order chi connectivity index (χ0) is 19.4. The first-order valence-electron chi connectivity index (χ1n) is 10.4. The predicted molar refractivity (Wildman–Crippen MR) is 111 cm³/mol. The second-order valence-corrected chi connectivity index (χ2v) is 8.73. The Morgan fingerprint density at radius 1 is 1.11 bits per heavy atom. The van der Waals surface area contributed by atoms with E-state index >= 15 is 0 Å². The van der Waals surface area contributed by atoms with Crippen LogP contribution >= 0.6 is 0 Å². The number of ether oxygens (including phenoxy) is 1. The molecule has 28 heavy (non-hydrogen) atoms. The molecule has 5 nitrogen and oxygen atoms in total. The minimum atomic E-state index is 0.461. The molecular formula is C23H32N4O. The molecule has 1 unspecified atom stereocenters. The maximum atomic E-state index is 5.09. The summed E-state index contributed by atoms with van der Waals surface area (Å²) < 4.78 is 5.09. The molecule has 1 aromatic carbocycles. The number of aromatic nitrogens is 2. The Morgan fingerprint density at radius 3 is 2.50 bits per heavy atom. The highest BCUT2D eigenvalue weighted by Crippen LogP contribution is 2.44. The molecular weight excluding hydrogens is 348 g/mol. The van der Waals surface area contributed by atoms with Crippen LogP contribution in [0.2, 0.25) is 0 Å². The van der Waals surface area contributed by atoms with Crippen molar-refractivity contribution in [2.24, 2.45) is 5.41 Å². The van der Waals surface area contributed by atoms with Crippen LogP contribution in [0.5, 0.6) is 0 Å². The summed E-state index contributed by atoms with van der Waals surface area (Å²) in [4.78, 5) is 13.9. The van der Waals surface area contributed by atoms with Gasteiger partial charge in [-0.25, -0.2) is 9.97 Å². The molecule has 1 atom stereocenters. The maximum absolute atomic E-state index is 5.09. The highest BCUT2D eigenvalue weighted by molar-refractivity contribution is 5.21. The van der Waals surface area contributed by atoms with Gasteiger partial charge in [0.2, 0.25) is 0 Å². The van der Waals surface area contributed by atoms with Crippen LogP contribution in [0.15, 0.2) is 42.7 Å². The molecule has 1 spiro atoms. The third-order valence-electron chi connectivity index (χ3n) is 6.44. The maximum Gasteiger partial charge on any atom is 0.153 e. The van der Waals surface area contributed by atoms with Gasteiger partial charge in [-0.2, -0.15) is 0 Å². The van der Waals surface area contributed by atoms with Crippen LogP contribution in [0.25, 0.3) is 0 Å². The van der Waals surface area contributed by atoms with Crippen molar-refractivity contribution in [1.82, 2.24) is 19.8 Å². The summed E-state index contributed by atoms with van der Waals surface area (Å²) in [6.45, 7) is 6.16. The van der Waals surface area contributed by atoms with Crippen LogP contribution < -0.4 is 0 Å². The number of methoxy groups -OCH3 is 1. The topological polar surface area (TPSA) is 41.5 Å². The van der Waals surface area contributed by atoms with Gasteiger partial charge in [0.15, 0.2) is 5.82 Å². The summed E-state index contributed by atoms with van der Waals surface area (Å²) in [7, 11) is 3.97. The van der Waals surface area contributed by atoms with Crippen molar-refractivity contribution in [1.29, 1.82) is 0 Å². The Hall–Kier alpha value is -1.82. The number of hydrogen-bond donors (Lipinski definition) is 0. The molecule has 0 aliphatic carbocycles. The Bertz CT molecular complexity index is 741. The summed E-state index contributed by atoms with van der Waals surface area (Å²) in [5.41, 5.74) is 3.16. The van der Waals surface area contributed by atoms with Crippen molar-refractivity contribution in [2.45, 2.75) is 38.3 Å². The SMILES string of the molecule is COCc1ncc(CN2CCC3(CC2)CC(c2ccccc2)CN(C)C3)cn1. The van der Waals surface area contributed by atoms with E-state index in [0.29, 0.717) is 17.9 Å². The average Bonchev–Trinajstić information content (AvgIpc) is 2.72. The van der Waals surface area contributed by atoms with Crippen LogP contribution in [-0.2, 0) is 17.9 Å². The van der Waals surface area contributed by atoms with Gasteiger partial charge < -0.3 is 9.64 Å². The normalized spacial score (nSPS) is 23.1. The lowest BCUT2D eigenvalue weighted by Gasteiger charge is -2.49. The van der Waals surface area contributed by atoms with Crippen LogP contribution in [0.3, 0.4) is 0 Å². The molecule has 3 heterocycles. The number of likely N-dealkylation sites (N-methyl/N-ethyl adjacent to an activating group) is 1. The molecule has 0 N–H and O–H groups in total. The van der Waals surface area contributed by atoms with Gasteiger partial charge in [0.05, 0.1) is 0 Å². The van der Waals surface area contributed by atoms with E-state index in [1.165, 1.54) is 43.5 Å². The highest BCUT2D eigenvalue weighted by Gasteiger charge is 2.41. The Balaban J connectivity index is 1.35. The summed E-state index contributed by atoms with van der Waals surface area (Å²) in [6.07, 6.45) is 7.79. The Morgan fingerprint density at radius 2 is 1.82 bits per heavy atom. The number of nitrogens with zero attached hydrogens (tertiary/aromatic N) is 4. The van der Waals surface area contributed by atoms with E-state index in [0.717, 1.165) is 25.5 Å². The van der Waals surface area contributed by atoms with Crippen molar-refractivity contribution in [3.8, 4) is 0 Å². The summed E-state index contributed by atoms with van der Waals surface area (Å²) in [5.74, 6) is 1.41. The lowest BCUT2D eigenvalue weighted by atomic mass is 9.68. The monoisotopic (exact) mass is 380 g/mol. The van der Waals surface area contributed by atoms with E-state index in [1.807, 2.05) is 12.4 Å². The highest BCUT2D eigenvalue weighted by atomic mass is 16.5. The van der Waals surface area contributed by atoms with Gasteiger partial charge in [-0.15, -0.1) is 0 Å². The van der Waals surface area contributed by atoms with Crippen LogP contribution in [-0.4, -0.2) is 60.1 Å². The van der Waals surface area contributed by atoms with Gasteiger partial charge in [0.25, 0.3) is 0 Å². The van der Waals surface area contributed by atoms with Crippen molar-refractivity contribution in [2.75, 3.05) is 40.3 Å². The molecule has 2 aromatic rings. The third kappa shape index (κ3) is 4.59. The first-order chi connectivity index (χ1) is 13.7. The van der Waals surface area contributed by atoms with Gasteiger partial charge in [-0.05, 0) is 56.3 Å². The van der Waals surface area contributed by atoms with Crippen molar-refractivity contribution in [3.05, 3.63) is 59.7 Å². The van der Waals surface area contributed by atoms with Gasteiger partial charge >= 0.3 is 0 Å². The quantitative estimate of drug-likeness (QED) is 0.796. The number of hydrogen-bond acceptors (Lipinski definition) is 5. The Kier molecular flexibility index (Phi) is 6.04. The van der Waals surface area contributed by atoms with Gasteiger partial charge in [-0.3, -0.25) is 4.90 Å². The van der Waals surface area contributed by atoms with Crippen molar-refractivity contribution < 1.29 is 4.74 Å². The van der Waals surface area contributed by atoms with Crippen LogP contribution in [0.4, 0.5) is 0 Å². The van der Waals surface area contributed by atoms with Gasteiger partial charge in [0, 0.05) is 44.7 Å². The van der Waals surface area contributed by atoms with Gasteiger partial charge in [0.1, 0.15) is 6.61 Å². The minimum Gasteiger partial charge on any atom is -0.377 e. The van der Waals surface area contributed by atoms with Gasteiger partial charge in [-0.1, -0.05) is 30.3 Å². The number of rotatable bonds is 5. The Labute approximate surface area is 168 Å². The van der Waals surface area contributed by atoms with E-state index < -0.39 is 0 Å². The first-order valence-corrected chi connectivity index (χ1v) is 10.4. The van der Waals surface area contributed by atoms with Crippen molar-refractivity contribution >= 4 is 0 Å². The largest absolute Gasteiger partial charge is 0.377 e. The zero-order valence-electron chi connectivity index (χ0n) is 17.2. The van der Waals surface area contributed by atoms with Crippen LogP contribution in [0.1, 0.15) is 42.1 Å². The van der Waals surface area contributed by atoms with E-state index in [4.69, 9.17) is 4.74 Å². The van der Waals surface area contributed by atoms with E-state index in [1.54, 1.807) is 7.11 Å². The molecule has 2 saturated heterocycles. The molecule has 5 heteroatoms. The fraction of sp³-hybridized carbons (Fsp3) is 0.565. The second-order valence-electron chi connectivity index (χ2n) is 8.73. The fourth-order valence-electron chi connectivity index (χ4n) is 5.09. The molecule has 150 valence electrons. The van der Waals surface area contributed by atoms with E-state index in [9.17, 15) is 0 Å². The molecule has 0 bridgehead atoms. The van der Waals surface area contributed by atoms with Crippen LogP contribution in [0, 0.1) is 5.41 Å². The summed E-state index contributed by atoms with van der Waals surface area (Å²) >= 11 is 0. The summed E-state index contributed by atoms with van der Waals surface area (Å²) in [6, 6.07) is 11.1. The number of likely N-dealkylation sites (tertiary alicyclic amines) is 2. The molecule has 0 radical (unpaired) electrons. The lowest BCUT2D eigenvalue weighted by Crippen LogP contribution is -2.50. The molecule has 0 amide bonds. The predicted octanol–water partition coefficient (Wildman–Crippen LogP) is 3.32. The molecule has 0 saturated carbocycles. The number of piperidine rings is 2. The fourth-order valence-corrected chi connectivity index (χ4v) is 5.09. The molecule has 1 aromatic heterocycles. The lowest BCUT2D eigenvalue weighted by molar-refractivity contribution is 0.0218. The zero-order valence-corrected chi connectivity index (χ0v) is 17.2. The van der Waals surface area contributed by atoms with E-state index in [2.05, 4.69) is 57.1 Å². The average molecular weight is 381 g/mol. The standard InChI is InChI=1S/C23H32N4O/c1-26-16-21(20-6-4-3-5-7-20)12-23(18-26)8-10-27(11-9-23)15-19-13-24-22(17-28-2)25-14-19/h3-7,13-14,21H,8-12,15-18H2,1-2H3. The molecule has 4 rings (SSSR count).